The topological polar surface area (TPSA) is 44.8 Å². The van der Waals surface area contributed by atoms with Crippen LogP contribution in [0.2, 0.25) is 0 Å². The van der Waals surface area contributed by atoms with Gasteiger partial charge in [0.15, 0.2) is 0 Å². The third kappa shape index (κ3) is 8.67. The summed E-state index contributed by atoms with van der Waals surface area (Å²) in [4.78, 5) is 11.5. The maximum Gasteiger partial charge on any atom is 0.310 e. The van der Waals surface area contributed by atoms with E-state index >= 15 is 0 Å². The van der Waals surface area contributed by atoms with Gasteiger partial charge in [0.2, 0.25) is 0 Å². The van der Waals surface area contributed by atoms with Crippen LogP contribution in [0, 0.1) is 0 Å². The van der Waals surface area contributed by atoms with Crippen molar-refractivity contribution in [2.45, 2.75) is 26.2 Å². The molecule has 0 bridgehead atoms. The molecule has 0 aliphatic heterocycles. The zero-order valence-corrected chi connectivity index (χ0v) is 12.2. The van der Waals surface area contributed by atoms with Crippen molar-refractivity contribution in [3.8, 4) is 0 Å². The molecular formula is C16H24O4. The third-order valence-electron chi connectivity index (χ3n) is 2.70. The molecule has 0 radical (unpaired) electrons. The van der Waals surface area contributed by atoms with Crippen molar-refractivity contribution in [1.29, 1.82) is 0 Å². The van der Waals surface area contributed by atoms with Crippen molar-refractivity contribution in [2.75, 3.05) is 33.0 Å². The molecule has 112 valence electrons. The molecule has 0 heterocycles. The van der Waals surface area contributed by atoms with Gasteiger partial charge in [0.1, 0.15) is 6.61 Å². The molecule has 4 nitrogen and oxygen atoms in total. The maximum atomic E-state index is 11.5. The second kappa shape index (κ2) is 11.4. The smallest absolute Gasteiger partial charge is 0.310 e. The van der Waals surface area contributed by atoms with Crippen LogP contribution < -0.4 is 0 Å². The number of carbonyl (C=O) groups excluding carboxylic acids is 1. The molecule has 0 saturated carbocycles. The fraction of sp³-hybridized carbons (Fsp3) is 0.562. The molecule has 0 N–H and O–H groups in total. The van der Waals surface area contributed by atoms with Crippen LogP contribution in [-0.2, 0) is 25.4 Å². The summed E-state index contributed by atoms with van der Waals surface area (Å²) in [5, 5.41) is 0. The maximum absolute atomic E-state index is 11.5. The van der Waals surface area contributed by atoms with Gasteiger partial charge in [-0.15, -0.1) is 0 Å². The molecule has 0 amide bonds. The van der Waals surface area contributed by atoms with E-state index in [1.165, 1.54) is 0 Å². The average molecular weight is 280 g/mol. The van der Waals surface area contributed by atoms with Crippen molar-refractivity contribution < 1.29 is 19.0 Å². The highest BCUT2D eigenvalue weighted by molar-refractivity contribution is 5.72. The predicted octanol–water partition coefficient (Wildman–Crippen LogP) is 2.61. The van der Waals surface area contributed by atoms with Crippen molar-refractivity contribution >= 4 is 5.97 Å². The minimum atomic E-state index is -0.223. The molecule has 0 aromatic heterocycles. The molecular weight excluding hydrogens is 256 g/mol. The van der Waals surface area contributed by atoms with Crippen LogP contribution in [0.3, 0.4) is 0 Å². The average Bonchev–Trinajstić information content (AvgIpc) is 2.46. The van der Waals surface area contributed by atoms with Crippen LogP contribution in [0.1, 0.15) is 25.3 Å². The molecule has 1 aromatic carbocycles. The molecule has 1 rings (SSSR count). The highest BCUT2D eigenvalue weighted by Gasteiger charge is 2.03. The van der Waals surface area contributed by atoms with Crippen molar-refractivity contribution in [2.24, 2.45) is 0 Å². The fourth-order valence-electron chi connectivity index (χ4n) is 1.60. The quantitative estimate of drug-likeness (QED) is 0.462. The predicted molar refractivity (Wildman–Crippen MR) is 77.7 cm³/mol. The molecule has 0 aliphatic carbocycles. The number of esters is 1. The Morgan fingerprint density at radius 2 is 1.60 bits per heavy atom. The molecule has 0 spiro atoms. The second-order valence-electron chi connectivity index (χ2n) is 4.46. The minimum absolute atomic E-state index is 0.223. The Bertz CT molecular complexity index is 351. The van der Waals surface area contributed by atoms with E-state index in [0.717, 1.165) is 25.0 Å². The number of hydrogen-bond acceptors (Lipinski definition) is 4. The number of carbonyl (C=O) groups is 1. The lowest BCUT2D eigenvalue weighted by Crippen LogP contribution is -2.14. The summed E-state index contributed by atoms with van der Waals surface area (Å²) >= 11 is 0. The van der Waals surface area contributed by atoms with Gasteiger partial charge in [0.05, 0.1) is 26.2 Å². The van der Waals surface area contributed by atoms with Gasteiger partial charge in [-0.3, -0.25) is 4.79 Å². The van der Waals surface area contributed by atoms with Crippen molar-refractivity contribution in [3.05, 3.63) is 35.9 Å². The van der Waals surface area contributed by atoms with Crippen LogP contribution in [0.5, 0.6) is 0 Å². The first-order chi connectivity index (χ1) is 9.83. The standard InChI is InChI=1S/C16H24O4/c1-2-3-9-18-10-11-19-12-13-20-16(17)14-15-7-5-4-6-8-15/h4-8H,2-3,9-14H2,1H3. The van der Waals surface area contributed by atoms with Gasteiger partial charge in [-0.05, 0) is 12.0 Å². The van der Waals surface area contributed by atoms with E-state index in [-0.39, 0.29) is 5.97 Å². The highest BCUT2D eigenvalue weighted by Crippen LogP contribution is 2.00. The molecule has 4 heteroatoms. The number of benzene rings is 1. The zero-order valence-electron chi connectivity index (χ0n) is 12.2. The molecule has 0 saturated heterocycles. The van der Waals surface area contributed by atoms with Gasteiger partial charge >= 0.3 is 5.97 Å². The number of ether oxygens (including phenoxy) is 3. The molecule has 0 fully saturated rings. The summed E-state index contributed by atoms with van der Waals surface area (Å²) in [5.41, 5.74) is 0.961. The van der Waals surface area contributed by atoms with E-state index < -0.39 is 0 Å². The first-order valence-electron chi connectivity index (χ1n) is 7.18. The first-order valence-corrected chi connectivity index (χ1v) is 7.18. The Morgan fingerprint density at radius 1 is 0.950 bits per heavy atom. The second-order valence-corrected chi connectivity index (χ2v) is 4.46. The van der Waals surface area contributed by atoms with Gasteiger partial charge in [0, 0.05) is 6.61 Å². The van der Waals surface area contributed by atoms with Crippen LogP contribution in [0.4, 0.5) is 0 Å². The van der Waals surface area contributed by atoms with E-state index in [1.54, 1.807) is 0 Å². The number of hydrogen-bond donors (Lipinski definition) is 0. The Morgan fingerprint density at radius 3 is 2.30 bits per heavy atom. The van der Waals surface area contributed by atoms with Gasteiger partial charge in [-0.1, -0.05) is 43.7 Å². The van der Waals surface area contributed by atoms with E-state index in [4.69, 9.17) is 14.2 Å². The van der Waals surface area contributed by atoms with E-state index in [9.17, 15) is 4.79 Å². The van der Waals surface area contributed by atoms with Crippen LogP contribution in [-0.4, -0.2) is 39.0 Å². The van der Waals surface area contributed by atoms with Crippen molar-refractivity contribution in [3.63, 3.8) is 0 Å². The number of unbranched alkanes of at least 4 members (excludes halogenated alkanes) is 1. The van der Waals surface area contributed by atoms with E-state index in [1.807, 2.05) is 30.3 Å². The summed E-state index contributed by atoms with van der Waals surface area (Å²) in [5.74, 6) is -0.223. The largest absolute Gasteiger partial charge is 0.463 e. The van der Waals surface area contributed by atoms with Crippen LogP contribution in [0.25, 0.3) is 0 Å². The summed E-state index contributed by atoms with van der Waals surface area (Å²) in [6.45, 7) is 4.76. The van der Waals surface area contributed by atoms with Crippen LogP contribution >= 0.6 is 0 Å². The monoisotopic (exact) mass is 280 g/mol. The summed E-state index contributed by atoms with van der Waals surface area (Å²) in [6, 6.07) is 9.55. The normalized spacial score (nSPS) is 10.4. The zero-order chi connectivity index (χ0) is 14.5. The Hall–Kier alpha value is -1.39. The Labute approximate surface area is 121 Å². The first kappa shape index (κ1) is 16.7. The lowest BCUT2D eigenvalue weighted by atomic mass is 10.2. The van der Waals surface area contributed by atoms with Gasteiger partial charge < -0.3 is 14.2 Å². The van der Waals surface area contributed by atoms with Gasteiger partial charge in [0.25, 0.3) is 0 Å². The lowest BCUT2D eigenvalue weighted by Gasteiger charge is -2.07. The summed E-state index contributed by atoms with van der Waals surface area (Å²) in [7, 11) is 0. The minimum Gasteiger partial charge on any atom is -0.463 e. The highest BCUT2D eigenvalue weighted by atomic mass is 16.6. The third-order valence-corrected chi connectivity index (χ3v) is 2.70. The van der Waals surface area contributed by atoms with Gasteiger partial charge in [-0.25, -0.2) is 0 Å². The molecule has 0 atom stereocenters. The number of rotatable bonds is 11. The van der Waals surface area contributed by atoms with Crippen LogP contribution in [0.15, 0.2) is 30.3 Å². The van der Waals surface area contributed by atoms with Gasteiger partial charge in [-0.2, -0.15) is 0 Å². The fourth-order valence-corrected chi connectivity index (χ4v) is 1.60. The lowest BCUT2D eigenvalue weighted by molar-refractivity contribution is -0.144. The Balaban J connectivity index is 1.92. The summed E-state index contributed by atoms with van der Waals surface area (Å²) < 4.78 is 15.7. The van der Waals surface area contributed by atoms with E-state index in [2.05, 4.69) is 6.92 Å². The van der Waals surface area contributed by atoms with Crippen molar-refractivity contribution in [1.82, 2.24) is 0 Å². The Kier molecular flexibility index (Phi) is 9.53. The summed E-state index contributed by atoms with van der Waals surface area (Å²) in [6.07, 6.45) is 2.52. The molecule has 0 unspecified atom stereocenters. The molecule has 1 aromatic rings. The molecule has 0 aliphatic rings. The molecule has 20 heavy (non-hydrogen) atoms. The van der Waals surface area contributed by atoms with E-state index in [0.29, 0.717) is 32.8 Å². The SMILES string of the molecule is CCCCOCCOCCOC(=O)Cc1ccccc1.